The molecule has 0 fully saturated rings. The fraction of sp³-hybridized carbons (Fsp3) is 0.167. The van der Waals surface area contributed by atoms with E-state index in [1.54, 1.807) is 24.3 Å². The highest BCUT2D eigenvalue weighted by atomic mass is 16.5. The molecule has 0 amide bonds. The van der Waals surface area contributed by atoms with E-state index < -0.39 is 5.97 Å². The van der Waals surface area contributed by atoms with Crippen molar-refractivity contribution in [2.24, 2.45) is 0 Å². The van der Waals surface area contributed by atoms with E-state index in [1.165, 1.54) is 14.0 Å². The highest BCUT2D eigenvalue weighted by molar-refractivity contribution is 5.94. The number of carbonyl (C=O) groups excluding carboxylic acids is 2. The Balaban J connectivity index is 2.84. The lowest BCUT2D eigenvalue weighted by Gasteiger charge is -1.94. The molecule has 0 spiro atoms. The van der Waals surface area contributed by atoms with Gasteiger partial charge in [-0.1, -0.05) is 18.1 Å². The van der Waals surface area contributed by atoms with Crippen molar-refractivity contribution in [1.29, 1.82) is 0 Å². The first kappa shape index (κ1) is 11.0. The Morgan fingerprint density at radius 3 is 2.27 bits per heavy atom. The zero-order chi connectivity index (χ0) is 11.3. The molecule has 0 radical (unpaired) electrons. The van der Waals surface area contributed by atoms with Crippen molar-refractivity contribution in [2.75, 3.05) is 7.11 Å². The number of benzene rings is 1. The molecule has 76 valence electrons. The normalized spacial score (nSPS) is 8.67. The van der Waals surface area contributed by atoms with Crippen LogP contribution in [0.4, 0.5) is 0 Å². The first-order valence-corrected chi connectivity index (χ1v) is 4.34. The topological polar surface area (TPSA) is 43.4 Å². The number of esters is 1. The molecule has 1 aromatic carbocycles. The van der Waals surface area contributed by atoms with E-state index in [-0.39, 0.29) is 5.78 Å². The second-order valence-corrected chi connectivity index (χ2v) is 2.88. The summed E-state index contributed by atoms with van der Waals surface area (Å²) in [6, 6.07) is 6.71. The molecule has 3 nitrogen and oxygen atoms in total. The zero-order valence-electron chi connectivity index (χ0n) is 8.53. The Morgan fingerprint density at radius 2 is 1.80 bits per heavy atom. The van der Waals surface area contributed by atoms with Gasteiger partial charge in [0.1, 0.15) is 0 Å². The van der Waals surface area contributed by atoms with Crippen molar-refractivity contribution in [3.63, 3.8) is 0 Å². The van der Waals surface area contributed by atoms with Gasteiger partial charge in [-0.25, -0.2) is 4.79 Å². The maximum absolute atomic E-state index is 11.0. The Labute approximate surface area is 88.1 Å². The van der Waals surface area contributed by atoms with E-state index in [4.69, 9.17) is 0 Å². The smallest absolute Gasteiger partial charge is 0.384 e. The van der Waals surface area contributed by atoms with Crippen LogP contribution < -0.4 is 0 Å². The number of hydrogen-bond acceptors (Lipinski definition) is 3. The molecule has 0 aromatic heterocycles. The van der Waals surface area contributed by atoms with Gasteiger partial charge in [-0.3, -0.25) is 4.79 Å². The largest absolute Gasteiger partial charge is 0.459 e. The number of methoxy groups -OCH3 is 1. The van der Waals surface area contributed by atoms with Crippen LogP contribution in [0.25, 0.3) is 0 Å². The number of Topliss-reactive ketones (excluding diaryl/α,β-unsaturated/α-hetero) is 1. The first-order valence-electron chi connectivity index (χ1n) is 4.34. The monoisotopic (exact) mass is 202 g/mol. The summed E-state index contributed by atoms with van der Waals surface area (Å²) in [6.45, 7) is 1.50. The molecule has 0 aliphatic heterocycles. The van der Waals surface area contributed by atoms with Gasteiger partial charge in [0, 0.05) is 17.0 Å². The lowest BCUT2D eigenvalue weighted by atomic mass is 10.1. The Bertz CT molecular complexity index is 432. The molecule has 0 N–H and O–H groups in total. The summed E-state index contributed by atoms with van der Waals surface area (Å²) in [5.74, 6) is 4.35. The van der Waals surface area contributed by atoms with Crippen molar-refractivity contribution in [3.8, 4) is 11.8 Å². The van der Waals surface area contributed by atoms with E-state index in [1.807, 2.05) is 0 Å². The maximum Gasteiger partial charge on any atom is 0.384 e. The van der Waals surface area contributed by atoms with Crippen molar-refractivity contribution in [2.45, 2.75) is 6.92 Å². The van der Waals surface area contributed by atoms with Crippen LogP contribution in [0.2, 0.25) is 0 Å². The third-order valence-electron chi connectivity index (χ3n) is 1.79. The summed E-state index contributed by atoms with van der Waals surface area (Å²) in [4.78, 5) is 21.7. The molecule has 0 saturated carbocycles. The molecule has 0 unspecified atom stereocenters. The molecule has 1 rings (SSSR count). The highest BCUT2D eigenvalue weighted by Crippen LogP contribution is 2.03. The molecule has 0 atom stereocenters. The molecule has 15 heavy (non-hydrogen) atoms. The van der Waals surface area contributed by atoms with Crippen LogP contribution in [0, 0.1) is 11.8 Å². The Kier molecular flexibility index (Phi) is 3.64. The van der Waals surface area contributed by atoms with Crippen molar-refractivity contribution >= 4 is 11.8 Å². The van der Waals surface area contributed by atoms with Crippen LogP contribution in [0.15, 0.2) is 24.3 Å². The second kappa shape index (κ2) is 4.97. The molecule has 3 heteroatoms. The molecule has 1 aromatic rings. The maximum atomic E-state index is 11.0. The van der Waals surface area contributed by atoms with Crippen molar-refractivity contribution in [3.05, 3.63) is 35.4 Å². The van der Waals surface area contributed by atoms with Gasteiger partial charge >= 0.3 is 5.97 Å². The molecule has 0 bridgehead atoms. The minimum atomic E-state index is -0.578. The van der Waals surface area contributed by atoms with Gasteiger partial charge < -0.3 is 4.74 Å². The van der Waals surface area contributed by atoms with Crippen LogP contribution in [0.5, 0.6) is 0 Å². The van der Waals surface area contributed by atoms with E-state index in [0.717, 1.165) is 0 Å². The lowest BCUT2D eigenvalue weighted by Crippen LogP contribution is -1.94. The SMILES string of the molecule is COC(=O)C#Cc1ccc(C(C)=O)cc1. The van der Waals surface area contributed by atoms with Crippen LogP contribution in [0.3, 0.4) is 0 Å². The predicted octanol–water partition coefficient (Wildman–Crippen LogP) is 1.41. The van der Waals surface area contributed by atoms with Crippen LogP contribution in [-0.4, -0.2) is 18.9 Å². The third kappa shape index (κ3) is 3.28. The summed E-state index contributed by atoms with van der Waals surface area (Å²) < 4.78 is 4.37. The fourth-order valence-corrected chi connectivity index (χ4v) is 0.963. The van der Waals surface area contributed by atoms with Gasteiger partial charge in [-0.2, -0.15) is 0 Å². The lowest BCUT2D eigenvalue weighted by molar-refractivity contribution is -0.133. The molecular formula is C12H10O3. The molecule has 0 saturated heterocycles. The summed E-state index contributed by atoms with van der Waals surface area (Å²) in [7, 11) is 1.27. The fourth-order valence-electron chi connectivity index (χ4n) is 0.963. The summed E-state index contributed by atoms with van der Waals surface area (Å²) in [5.41, 5.74) is 1.30. The van der Waals surface area contributed by atoms with E-state index in [9.17, 15) is 9.59 Å². The highest BCUT2D eigenvalue weighted by Gasteiger charge is 1.97. The van der Waals surface area contributed by atoms with E-state index in [2.05, 4.69) is 16.6 Å². The Hall–Kier alpha value is -2.08. The average Bonchev–Trinajstić information content (AvgIpc) is 2.26. The summed E-state index contributed by atoms with van der Waals surface area (Å²) in [5, 5.41) is 0. The van der Waals surface area contributed by atoms with E-state index in [0.29, 0.717) is 11.1 Å². The summed E-state index contributed by atoms with van der Waals surface area (Å²) in [6.07, 6.45) is 0. The Morgan fingerprint density at radius 1 is 1.20 bits per heavy atom. The van der Waals surface area contributed by atoms with Gasteiger partial charge in [0.2, 0.25) is 0 Å². The number of ketones is 1. The number of ether oxygens (including phenoxy) is 1. The second-order valence-electron chi connectivity index (χ2n) is 2.88. The zero-order valence-corrected chi connectivity index (χ0v) is 8.53. The molecule has 0 aliphatic carbocycles. The van der Waals surface area contributed by atoms with Crippen LogP contribution >= 0.6 is 0 Å². The van der Waals surface area contributed by atoms with E-state index >= 15 is 0 Å². The molecular weight excluding hydrogens is 192 g/mol. The third-order valence-corrected chi connectivity index (χ3v) is 1.79. The molecule has 0 heterocycles. The number of hydrogen-bond donors (Lipinski definition) is 0. The van der Waals surface area contributed by atoms with Gasteiger partial charge in [0.05, 0.1) is 7.11 Å². The van der Waals surface area contributed by atoms with Gasteiger partial charge in [-0.15, -0.1) is 0 Å². The quantitative estimate of drug-likeness (QED) is 0.393. The average molecular weight is 202 g/mol. The standard InChI is InChI=1S/C12H10O3/c1-9(13)11-6-3-10(4-7-11)5-8-12(14)15-2/h3-4,6-7H,1-2H3. The summed E-state index contributed by atoms with van der Waals surface area (Å²) >= 11 is 0. The van der Waals surface area contributed by atoms with Crippen molar-refractivity contribution < 1.29 is 14.3 Å². The van der Waals surface area contributed by atoms with Crippen molar-refractivity contribution in [1.82, 2.24) is 0 Å². The first-order chi connectivity index (χ1) is 7.13. The van der Waals surface area contributed by atoms with Gasteiger partial charge in [0.25, 0.3) is 0 Å². The number of rotatable bonds is 1. The predicted molar refractivity (Wildman–Crippen MR) is 55.3 cm³/mol. The minimum absolute atomic E-state index is 0.00229. The number of carbonyl (C=O) groups is 2. The van der Waals surface area contributed by atoms with Crippen LogP contribution in [-0.2, 0) is 9.53 Å². The van der Waals surface area contributed by atoms with Crippen LogP contribution in [0.1, 0.15) is 22.8 Å². The van der Waals surface area contributed by atoms with Gasteiger partial charge in [-0.05, 0) is 19.1 Å². The van der Waals surface area contributed by atoms with Gasteiger partial charge in [0.15, 0.2) is 5.78 Å². The molecule has 0 aliphatic rings. The minimum Gasteiger partial charge on any atom is -0.459 e.